The SMILES string of the molecule is Cc1ccccc1C(=S)C1=C(C(=O)O)CC(C)(C(=O)O)C=C1. The lowest BCUT2D eigenvalue weighted by atomic mass is 9.76. The quantitative estimate of drug-likeness (QED) is 0.659. The lowest BCUT2D eigenvalue weighted by Gasteiger charge is -2.26. The predicted octanol–water partition coefficient (Wildman–Crippen LogP) is 3.15. The van der Waals surface area contributed by atoms with Crippen molar-refractivity contribution in [1.29, 1.82) is 0 Å². The minimum atomic E-state index is -1.22. The molecule has 0 heterocycles. The summed E-state index contributed by atoms with van der Waals surface area (Å²) in [5.74, 6) is -2.19. The van der Waals surface area contributed by atoms with Crippen LogP contribution in [-0.4, -0.2) is 27.0 Å². The summed E-state index contributed by atoms with van der Waals surface area (Å²) in [5, 5.41) is 18.7. The number of aryl methyl sites for hydroxylation is 1. The zero-order valence-electron chi connectivity index (χ0n) is 12.3. The van der Waals surface area contributed by atoms with Gasteiger partial charge < -0.3 is 10.2 Å². The molecule has 0 saturated heterocycles. The van der Waals surface area contributed by atoms with E-state index >= 15 is 0 Å². The lowest BCUT2D eigenvalue weighted by Crippen LogP contribution is -2.30. The summed E-state index contributed by atoms with van der Waals surface area (Å²) in [6.45, 7) is 3.40. The van der Waals surface area contributed by atoms with Gasteiger partial charge in [-0.15, -0.1) is 0 Å². The van der Waals surface area contributed by atoms with Crippen LogP contribution in [0.4, 0.5) is 0 Å². The maximum Gasteiger partial charge on any atom is 0.332 e. The molecular formula is C17H16O4S. The molecule has 0 fully saturated rings. The first kappa shape index (κ1) is 16.1. The van der Waals surface area contributed by atoms with Gasteiger partial charge in [0.15, 0.2) is 0 Å². The molecule has 0 aromatic heterocycles. The normalized spacial score (nSPS) is 20.8. The molecule has 4 nitrogen and oxygen atoms in total. The van der Waals surface area contributed by atoms with Crippen LogP contribution in [0, 0.1) is 12.3 Å². The van der Waals surface area contributed by atoms with Crippen LogP contribution >= 0.6 is 12.2 Å². The molecular weight excluding hydrogens is 300 g/mol. The van der Waals surface area contributed by atoms with Gasteiger partial charge in [0.25, 0.3) is 0 Å². The Hall–Kier alpha value is -2.27. The highest BCUT2D eigenvalue weighted by Crippen LogP contribution is 2.36. The average Bonchev–Trinajstić information content (AvgIpc) is 2.46. The van der Waals surface area contributed by atoms with E-state index in [0.29, 0.717) is 10.4 Å². The van der Waals surface area contributed by atoms with Crippen LogP contribution in [-0.2, 0) is 9.59 Å². The molecule has 1 atom stereocenters. The van der Waals surface area contributed by atoms with Crippen molar-refractivity contribution < 1.29 is 19.8 Å². The third kappa shape index (κ3) is 2.85. The molecule has 1 aliphatic carbocycles. The topological polar surface area (TPSA) is 74.6 Å². The Kier molecular flexibility index (Phi) is 4.28. The van der Waals surface area contributed by atoms with Crippen molar-refractivity contribution in [1.82, 2.24) is 0 Å². The first-order valence-electron chi connectivity index (χ1n) is 6.75. The van der Waals surface area contributed by atoms with E-state index in [1.165, 1.54) is 19.1 Å². The summed E-state index contributed by atoms with van der Waals surface area (Å²) in [6, 6.07) is 7.45. The maximum atomic E-state index is 11.6. The van der Waals surface area contributed by atoms with Gasteiger partial charge in [-0.25, -0.2) is 4.79 Å². The van der Waals surface area contributed by atoms with E-state index in [1.54, 1.807) is 0 Å². The van der Waals surface area contributed by atoms with Gasteiger partial charge in [-0.05, 0) is 31.4 Å². The van der Waals surface area contributed by atoms with Crippen molar-refractivity contribution in [3.8, 4) is 0 Å². The molecule has 2 rings (SSSR count). The largest absolute Gasteiger partial charge is 0.481 e. The number of carboxylic acid groups (broad SMARTS) is 2. The third-order valence-electron chi connectivity index (χ3n) is 3.87. The number of benzene rings is 1. The summed E-state index contributed by atoms with van der Waals surface area (Å²) in [5.41, 5.74) is 0.967. The molecule has 5 heteroatoms. The molecule has 1 aliphatic rings. The second-order valence-electron chi connectivity index (χ2n) is 5.57. The summed E-state index contributed by atoms with van der Waals surface area (Å²) in [6.07, 6.45) is 2.95. The fourth-order valence-electron chi connectivity index (χ4n) is 2.41. The smallest absolute Gasteiger partial charge is 0.332 e. The van der Waals surface area contributed by atoms with Crippen molar-refractivity contribution in [2.75, 3.05) is 0 Å². The zero-order chi connectivity index (χ0) is 16.5. The van der Waals surface area contributed by atoms with Crippen molar-refractivity contribution in [2.45, 2.75) is 20.3 Å². The Morgan fingerprint density at radius 2 is 1.86 bits per heavy atom. The average molecular weight is 316 g/mol. The van der Waals surface area contributed by atoms with Gasteiger partial charge in [-0.3, -0.25) is 4.79 Å². The Bertz CT molecular complexity index is 730. The van der Waals surface area contributed by atoms with Crippen LogP contribution in [0.2, 0.25) is 0 Å². The fraction of sp³-hybridized carbons (Fsp3) is 0.235. The Morgan fingerprint density at radius 1 is 1.23 bits per heavy atom. The summed E-state index contributed by atoms with van der Waals surface area (Å²) in [7, 11) is 0. The number of allylic oxidation sites excluding steroid dienone is 2. The van der Waals surface area contributed by atoms with Crippen molar-refractivity contribution >= 4 is 29.0 Å². The predicted molar refractivity (Wildman–Crippen MR) is 87.0 cm³/mol. The minimum absolute atomic E-state index is 0.0423. The number of thiocarbonyl (C=S) groups is 1. The van der Waals surface area contributed by atoms with Crippen molar-refractivity contribution in [3.05, 3.63) is 58.7 Å². The minimum Gasteiger partial charge on any atom is -0.481 e. The Morgan fingerprint density at radius 3 is 2.41 bits per heavy atom. The van der Waals surface area contributed by atoms with E-state index in [2.05, 4.69) is 0 Å². The second kappa shape index (κ2) is 5.85. The van der Waals surface area contributed by atoms with E-state index in [-0.39, 0.29) is 12.0 Å². The van der Waals surface area contributed by atoms with Gasteiger partial charge in [0.2, 0.25) is 0 Å². The Balaban J connectivity index is 2.51. The van der Waals surface area contributed by atoms with Gasteiger partial charge >= 0.3 is 11.9 Å². The van der Waals surface area contributed by atoms with Crippen LogP contribution in [0.25, 0.3) is 0 Å². The molecule has 0 saturated carbocycles. The van der Waals surface area contributed by atoms with E-state index in [1.807, 2.05) is 31.2 Å². The lowest BCUT2D eigenvalue weighted by molar-refractivity contribution is -0.145. The van der Waals surface area contributed by atoms with Crippen molar-refractivity contribution in [2.24, 2.45) is 5.41 Å². The number of carboxylic acids is 2. The molecule has 0 radical (unpaired) electrons. The van der Waals surface area contributed by atoms with E-state index in [9.17, 15) is 19.8 Å². The molecule has 0 spiro atoms. The number of hydrogen-bond donors (Lipinski definition) is 2. The van der Waals surface area contributed by atoms with Crippen LogP contribution in [0.1, 0.15) is 24.5 Å². The molecule has 1 unspecified atom stereocenters. The Labute approximate surface area is 133 Å². The standard InChI is InChI=1S/C17H16O4S/c1-10-5-3-4-6-11(10)14(22)12-7-8-17(2,16(20)21)9-13(12)15(18)19/h3-8H,9H2,1-2H3,(H,18,19)(H,20,21). The summed E-state index contributed by atoms with van der Waals surface area (Å²) < 4.78 is 0. The van der Waals surface area contributed by atoms with Crippen LogP contribution in [0.15, 0.2) is 47.6 Å². The number of aliphatic carboxylic acids is 2. The van der Waals surface area contributed by atoms with Crippen LogP contribution in [0.5, 0.6) is 0 Å². The van der Waals surface area contributed by atoms with Gasteiger partial charge in [0, 0.05) is 11.1 Å². The van der Waals surface area contributed by atoms with E-state index in [4.69, 9.17) is 12.2 Å². The van der Waals surface area contributed by atoms with Gasteiger partial charge in [0.1, 0.15) is 0 Å². The third-order valence-corrected chi connectivity index (χ3v) is 4.31. The monoisotopic (exact) mass is 316 g/mol. The first-order chi connectivity index (χ1) is 10.3. The van der Waals surface area contributed by atoms with E-state index in [0.717, 1.165) is 11.1 Å². The first-order valence-corrected chi connectivity index (χ1v) is 7.16. The number of rotatable bonds is 4. The van der Waals surface area contributed by atoms with E-state index < -0.39 is 17.4 Å². The molecule has 0 bridgehead atoms. The van der Waals surface area contributed by atoms with Crippen LogP contribution in [0.3, 0.4) is 0 Å². The molecule has 1 aromatic carbocycles. The summed E-state index contributed by atoms with van der Waals surface area (Å²) >= 11 is 5.45. The van der Waals surface area contributed by atoms with Gasteiger partial charge in [-0.1, -0.05) is 48.6 Å². The highest BCUT2D eigenvalue weighted by atomic mass is 32.1. The second-order valence-corrected chi connectivity index (χ2v) is 5.98. The van der Waals surface area contributed by atoms with Gasteiger partial charge in [-0.2, -0.15) is 0 Å². The van der Waals surface area contributed by atoms with Gasteiger partial charge in [0.05, 0.1) is 10.3 Å². The number of carbonyl (C=O) groups is 2. The fourth-order valence-corrected chi connectivity index (χ4v) is 2.83. The highest BCUT2D eigenvalue weighted by Gasteiger charge is 2.37. The maximum absolute atomic E-state index is 11.6. The molecule has 2 N–H and O–H groups in total. The zero-order valence-corrected chi connectivity index (χ0v) is 13.1. The molecule has 22 heavy (non-hydrogen) atoms. The molecule has 1 aromatic rings. The van der Waals surface area contributed by atoms with Crippen LogP contribution < -0.4 is 0 Å². The molecule has 0 aliphatic heterocycles. The highest BCUT2D eigenvalue weighted by molar-refractivity contribution is 7.81. The molecule has 0 amide bonds. The molecule has 114 valence electrons. The number of hydrogen-bond acceptors (Lipinski definition) is 3. The van der Waals surface area contributed by atoms with Crippen molar-refractivity contribution in [3.63, 3.8) is 0 Å². The summed E-state index contributed by atoms with van der Waals surface area (Å²) in [4.78, 5) is 23.3.